The molecule has 1 rings (SSSR count). The number of carbonyl (C=O) groups excluding carboxylic acids is 1. The predicted octanol–water partition coefficient (Wildman–Crippen LogP) is 0.295. The number of nitrogens with two attached hydrogens (primary N) is 1. The number of carboxylic acid groups (broad SMARTS) is 1. The van der Waals surface area contributed by atoms with Gasteiger partial charge in [-0.2, -0.15) is 0 Å². The van der Waals surface area contributed by atoms with E-state index in [1.807, 2.05) is 6.92 Å². The summed E-state index contributed by atoms with van der Waals surface area (Å²) in [5, 5.41) is 8.58. The first-order chi connectivity index (χ1) is 7.49. The van der Waals surface area contributed by atoms with Gasteiger partial charge in [0.05, 0.1) is 0 Å². The van der Waals surface area contributed by atoms with Crippen molar-refractivity contribution in [1.29, 1.82) is 0 Å². The molecule has 0 saturated carbocycles. The van der Waals surface area contributed by atoms with Crippen molar-refractivity contribution < 1.29 is 14.7 Å². The number of hydrogen-bond donors (Lipinski definition) is 2. The van der Waals surface area contributed by atoms with Gasteiger partial charge in [0.15, 0.2) is 0 Å². The van der Waals surface area contributed by atoms with Crippen LogP contribution in [0.1, 0.15) is 26.2 Å². The molecule has 1 amide bonds. The minimum Gasteiger partial charge on any atom is -0.481 e. The Morgan fingerprint density at radius 1 is 1.56 bits per heavy atom. The zero-order valence-electron chi connectivity index (χ0n) is 9.69. The Balaban J connectivity index is 2.24. The standard InChI is InChI=1S/C11H20N2O3/c1-8(11(12)16)6-13-5-4-9(7-13)2-3-10(14)15/h8-9H,2-7H2,1H3,(H2,12,16)(H,14,15). The van der Waals surface area contributed by atoms with Gasteiger partial charge in [-0.05, 0) is 25.3 Å². The highest BCUT2D eigenvalue weighted by Crippen LogP contribution is 2.21. The maximum atomic E-state index is 10.9. The summed E-state index contributed by atoms with van der Waals surface area (Å²) in [5.74, 6) is -0.674. The zero-order valence-corrected chi connectivity index (χ0v) is 9.69. The Hall–Kier alpha value is -1.10. The summed E-state index contributed by atoms with van der Waals surface area (Å²) in [6.07, 6.45) is 2.00. The smallest absolute Gasteiger partial charge is 0.303 e. The number of amides is 1. The van der Waals surface area contributed by atoms with Crippen molar-refractivity contribution in [3.8, 4) is 0 Å². The van der Waals surface area contributed by atoms with Gasteiger partial charge in [0.1, 0.15) is 0 Å². The lowest BCUT2D eigenvalue weighted by Gasteiger charge is -2.18. The van der Waals surface area contributed by atoms with Gasteiger partial charge in [-0.1, -0.05) is 6.92 Å². The van der Waals surface area contributed by atoms with Gasteiger partial charge in [-0.15, -0.1) is 0 Å². The van der Waals surface area contributed by atoms with Crippen molar-refractivity contribution in [3.05, 3.63) is 0 Å². The van der Waals surface area contributed by atoms with Crippen LogP contribution in [0.25, 0.3) is 0 Å². The molecular weight excluding hydrogens is 208 g/mol. The summed E-state index contributed by atoms with van der Waals surface area (Å²) < 4.78 is 0. The summed E-state index contributed by atoms with van der Waals surface area (Å²) in [6.45, 7) is 4.36. The molecule has 0 aliphatic carbocycles. The normalized spacial score (nSPS) is 23.2. The highest BCUT2D eigenvalue weighted by Gasteiger charge is 2.24. The first kappa shape index (κ1) is 13.0. The van der Waals surface area contributed by atoms with E-state index in [0.29, 0.717) is 12.5 Å². The quantitative estimate of drug-likeness (QED) is 0.684. The lowest BCUT2D eigenvalue weighted by Crippen LogP contribution is -2.33. The zero-order chi connectivity index (χ0) is 12.1. The largest absolute Gasteiger partial charge is 0.481 e. The van der Waals surface area contributed by atoms with E-state index in [-0.39, 0.29) is 18.2 Å². The molecule has 92 valence electrons. The first-order valence-corrected chi connectivity index (χ1v) is 5.72. The van der Waals surface area contributed by atoms with Crippen LogP contribution in [0.15, 0.2) is 0 Å². The SMILES string of the molecule is CC(CN1CCC(CCC(=O)O)C1)C(N)=O. The highest BCUT2D eigenvalue weighted by atomic mass is 16.4. The minimum atomic E-state index is -0.732. The second-order valence-electron chi connectivity index (χ2n) is 4.65. The average Bonchev–Trinajstić information content (AvgIpc) is 2.62. The van der Waals surface area contributed by atoms with Gasteiger partial charge in [-0.3, -0.25) is 9.59 Å². The van der Waals surface area contributed by atoms with Crippen molar-refractivity contribution in [2.45, 2.75) is 26.2 Å². The molecule has 1 aliphatic heterocycles. The van der Waals surface area contributed by atoms with Crippen LogP contribution >= 0.6 is 0 Å². The monoisotopic (exact) mass is 228 g/mol. The van der Waals surface area contributed by atoms with Crippen LogP contribution in [-0.2, 0) is 9.59 Å². The maximum Gasteiger partial charge on any atom is 0.303 e. The van der Waals surface area contributed by atoms with Gasteiger partial charge in [0, 0.05) is 25.4 Å². The van der Waals surface area contributed by atoms with Crippen molar-refractivity contribution in [2.24, 2.45) is 17.6 Å². The number of carbonyl (C=O) groups is 2. The van der Waals surface area contributed by atoms with Crippen LogP contribution in [0.3, 0.4) is 0 Å². The van der Waals surface area contributed by atoms with Crippen LogP contribution in [0.2, 0.25) is 0 Å². The fourth-order valence-electron chi connectivity index (χ4n) is 2.12. The number of rotatable bonds is 6. The molecule has 1 saturated heterocycles. The lowest BCUT2D eigenvalue weighted by molar-refractivity contribution is -0.137. The number of primary amides is 1. The molecule has 1 aliphatic rings. The van der Waals surface area contributed by atoms with E-state index >= 15 is 0 Å². The Morgan fingerprint density at radius 2 is 2.25 bits per heavy atom. The summed E-state index contributed by atoms with van der Waals surface area (Å²) in [6, 6.07) is 0. The van der Waals surface area contributed by atoms with E-state index in [4.69, 9.17) is 10.8 Å². The van der Waals surface area contributed by atoms with Gasteiger partial charge < -0.3 is 15.7 Å². The topological polar surface area (TPSA) is 83.6 Å². The Bertz CT molecular complexity index is 268. The summed E-state index contributed by atoms with van der Waals surface area (Å²) in [5.41, 5.74) is 5.20. The Labute approximate surface area is 95.6 Å². The fourth-order valence-corrected chi connectivity index (χ4v) is 2.12. The molecule has 5 heteroatoms. The molecule has 3 N–H and O–H groups in total. The first-order valence-electron chi connectivity index (χ1n) is 5.72. The third-order valence-corrected chi connectivity index (χ3v) is 3.15. The van der Waals surface area contributed by atoms with Gasteiger partial charge >= 0.3 is 5.97 Å². The van der Waals surface area contributed by atoms with Gasteiger partial charge in [-0.25, -0.2) is 0 Å². The van der Waals surface area contributed by atoms with E-state index in [0.717, 1.165) is 25.9 Å². The maximum absolute atomic E-state index is 10.9. The van der Waals surface area contributed by atoms with E-state index in [9.17, 15) is 9.59 Å². The van der Waals surface area contributed by atoms with Gasteiger partial charge in [0.2, 0.25) is 5.91 Å². The highest BCUT2D eigenvalue weighted by molar-refractivity contribution is 5.76. The third kappa shape index (κ3) is 4.18. The van der Waals surface area contributed by atoms with E-state index < -0.39 is 5.97 Å². The minimum absolute atomic E-state index is 0.127. The number of hydrogen-bond acceptors (Lipinski definition) is 3. The van der Waals surface area contributed by atoms with Crippen LogP contribution < -0.4 is 5.73 Å². The molecule has 2 atom stereocenters. The van der Waals surface area contributed by atoms with E-state index in [2.05, 4.69) is 4.90 Å². The molecule has 5 nitrogen and oxygen atoms in total. The van der Waals surface area contributed by atoms with Crippen LogP contribution in [0, 0.1) is 11.8 Å². The van der Waals surface area contributed by atoms with E-state index in [1.54, 1.807) is 0 Å². The predicted molar refractivity (Wildman–Crippen MR) is 59.8 cm³/mol. The van der Waals surface area contributed by atoms with E-state index in [1.165, 1.54) is 0 Å². The molecule has 1 fully saturated rings. The summed E-state index contributed by atoms with van der Waals surface area (Å²) in [7, 11) is 0. The molecule has 16 heavy (non-hydrogen) atoms. The second kappa shape index (κ2) is 5.84. The number of nitrogens with zero attached hydrogens (tertiary/aromatic N) is 1. The molecule has 0 spiro atoms. The van der Waals surface area contributed by atoms with Gasteiger partial charge in [0.25, 0.3) is 0 Å². The molecule has 0 bridgehead atoms. The molecular formula is C11H20N2O3. The third-order valence-electron chi connectivity index (χ3n) is 3.15. The molecule has 2 unspecified atom stereocenters. The molecule has 0 radical (unpaired) electrons. The fraction of sp³-hybridized carbons (Fsp3) is 0.818. The van der Waals surface area contributed by atoms with Crippen LogP contribution in [-0.4, -0.2) is 41.5 Å². The molecule has 0 aromatic carbocycles. The molecule has 0 aromatic heterocycles. The number of carboxylic acids is 1. The van der Waals surface area contributed by atoms with Crippen LogP contribution in [0.4, 0.5) is 0 Å². The number of likely N-dealkylation sites (tertiary alicyclic amines) is 1. The second-order valence-corrected chi connectivity index (χ2v) is 4.65. The molecule has 1 heterocycles. The Kier molecular flexibility index (Phi) is 4.73. The average molecular weight is 228 g/mol. The number of aliphatic carboxylic acids is 1. The van der Waals surface area contributed by atoms with Crippen molar-refractivity contribution in [2.75, 3.05) is 19.6 Å². The van der Waals surface area contributed by atoms with Crippen molar-refractivity contribution in [3.63, 3.8) is 0 Å². The Morgan fingerprint density at radius 3 is 2.81 bits per heavy atom. The van der Waals surface area contributed by atoms with Crippen molar-refractivity contribution in [1.82, 2.24) is 4.90 Å². The van der Waals surface area contributed by atoms with Crippen molar-refractivity contribution >= 4 is 11.9 Å². The summed E-state index contributed by atoms with van der Waals surface area (Å²) in [4.78, 5) is 23.5. The van der Waals surface area contributed by atoms with Crippen LogP contribution in [0.5, 0.6) is 0 Å². The summed E-state index contributed by atoms with van der Waals surface area (Å²) >= 11 is 0. The lowest BCUT2D eigenvalue weighted by atomic mass is 10.0. The molecule has 0 aromatic rings.